The predicted molar refractivity (Wildman–Crippen MR) is 112 cm³/mol. The van der Waals surface area contributed by atoms with Crippen molar-refractivity contribution in [2.24, 2.45) is 0 Å². The molecule has 0 radical (unpaired) electrons. The number of amides is 1. The number of carbonyl (C=O) groups is 1. The molecule has 0 aliphatic rings. The molecule has 0 saturated heterocycles. The molecule has 2 aromatic carbocycles. The van der Waals surface area contributed by atoms with E-state index in [9.17, 15) is 18.0 Å². The molecule has 4 nitrogen and oxygen atoms in total. The van der Waals surface area contributed by atoms with Crippen LogP contribution in [0.25, 0.3) is 22.2 Å². The Hall–Kier alpha value is -3.74. The average molecular weight is 421 g/mol. The molecule has 156 valence electrons. The van der Waals surface area contributed by atoms with Gasteiger partial charge in [0.25, 0.3) is 5.91 Å². The number of rotatable bonds is 4. The monoisotopic (exact) mass is 421 g/mol. The Bertz CT molecular complexity index is 1270. The van der Waals surface area contributed by atoms with Crippen molar-refractivity contribution in [3.05, 3.63) is 95.3 Å². The molecule has 0 atom stereocenters. The van der Waals surface area contributed by atoms with Crippen LogP contribution in [0.1, 0.15) is 27.2 Å². The van der Waals surface area contributed by atoms with Crippen LogP contribution in [0.3, 0.4) is 0 Å². The lowest BCUT2D eigenvalue weighted by Gasteiger charge is -2.14. The number of benzene rings is 2. The first-order valence-electron chi connectivity index (χ1n) is 9.59. The largest absolute Gasteiger partial charge is 0.417 e. The summed E-state index contributed by atoms with van der Waals surface area (Å²) in [5.41, 5.74) is 2.08. The van der Waals surface area contributed by atoms with Gasteiger partial charge < -0.3 is 5.32 Å². The maximum Gasteiger partial charge on any atom is 0.417 e. The fourth-order valence-electron chi connectivity index (χ4n) is 3.43. The summed E-state index contributed by atoms with van der Waals surface area (Å²) in [6.07, 6.45) is -2.81. The first kappa shape index (κ1) is 20.5. The molecule has 0 fully saturated rings. The highest BCUT2D eigenvalue weighted by atomic mass is 19.4. The van der Waals surface area contributed by atoms with Gasteiger partial charge in [0.2, 0.25) is 0 Å². The van der Waals surface area contributed by atoms with E-state index in [4.69, 9.17) is 0 Å². The van der Waals surface area contributed by atoms with Gasteiger partial charge in [-0.25, -0.2) is 9.97 Å². The summed E-state index contributed by atoms with van der Waals surface area (Å²) in [5, 5.41) is 3.58. The van der Waals surface area contributed by atoms with Gasteiger partial charge in [-0.2, -0.15) is 13.2 Å². The molecule has 1 N–H and O–H groups in total. The fourth-order valence-corrected chi connectivity index (χ4v) is 3.43. The van der Waals surface area contributed by atoms with Crippen molar-refractivity contribution < 1.29 is 18.0 Å². The molecular weight excluding hydrogens is 403 g/mol. The van der Waals surface area contributed by atoms with Crippen LogP contribution in [-0.4, -0.2) is 15.9 Å². The summed E-state index contributed by atoms with van der Waals surface area (Å²) in [4.78, 5) is 21.2. The average Bonchev–Trinajstić information content (AvgIpc) is 2.76. The number of hydrogen-bond donors (Lipinski definition) is 1. The highest BCUT2D eigenvalue weighted by molar-refractivity contribution is 5.98. The van der Waals surface area contributed by atoms with E-state index in [0.29, 0.717) is 28.0 Å². The van der Waals surface area contributed by atoms with E-state index in [0.717, 1.165) is 11.5 Å². The number of aromatic nitrogens is 2. The first-order valence-corrected chi connectivity index (χ1v) is 9.59. The normalized spacial score (nSPS) is 11.5. The van der Waals surface area contributed by atoms with Crippen molar-refractivity contribution in [3.8, 4) is 11.1 Å². The molecule has 31 heavy (non-hydrogen) atoms. The molecule has 1 amide bonds. The minimum absolute atomic E-state index is 0.102. The van der Waals surface area contributed by atoms with Crippen LogP contribution in [0, 0.1) is 6.92 Å². The second-order valence-electron chi connectivity index (χ2n) is 7.10. The van der Waals surface area contributed by atoms with E-state index in [-0.39, 0.29) is 18.0 Å². The van der Waals surface area contributed by atoms with Gasteiger partial charge in [-0.1, -0.05) is 36.4 Å². The van der Waals surface area contributed by atoms with E-state index in [1.807, 2.05) is 6.07 Å². The lowest BCUT2D eigenvalue weighted by atomic mass is 9.98. The lowest BCUT2D eigenvalue weighted by molar-refractivity contribution is -0.137. The van der Waals surface area contributed by atoms with Gasteiger partial charge in [-0.15, -0.1) is 0 Å². The number of halogens is 3. The molecule has 0 unspecified atom stereocenters. The Morgan fingerprint density at radius 1 is 1.00 bits per heavy atom. The highest BCUT2D eigenvalue weighted by Gasteiger charge is 2.33. The van der Waals surface area contributed by atoms with Crippen molar-refractivity contribution >= 4 is 16.9 Å². The molecule has 0 aliphatic carbocycles. The standard InChI is InChI=1S/C24H18F3N3O/c1-15-20(13-18-8-5-11-28-22(18)30-15)23(31)29-14-16-6-4-7-17(12-16)19-9-2-3-10-21(19)24(25,26)27/h2-13H,14H2,1H3,(H,29,31). The Labute approximate surface area is 176 Å². The van der Waals surface area contributed by atoms with Gasteiger partial charge in [0.05, 0.1) is 16.8 Å². The van der Waals surface area contributed by atoms with Gasteiger partial charge >= 0.3 is 6.18 Å². The summed E-state index contributed by atoms with van der Waals surface area (Å²) in [6, 6.07) is 17.5. The number of aryl methyl sites for hydroxylation is 1. The number of pyridine rings is 2. The minimum atomic E-state index is -4.45. The quantitative estimate of drug-likeness (QED) is 0.470. The van der Waals surface area contributed by atoms with Gasteiger partial charge in [0.15, 0.2) is 5.65 Å². The number of alkyl halides is 3. The molecule has 0 aliphatic heterocycles. The highest BCUT2D eigenvalue weighted by Crippen LogP contribution is 2.37. The van der Waals surface area contributed by atoms with Gasteiger partial charge in [-0.3, -0.25) is 4.79 Å². The zero-order valence-electron chi connectivity index (χ0n) is 16.6. The summed E-state index contributed by atoms with van der Waals surface area (Å²) >= 11 is 0. The van der Waals surface area contributed by atoms with Crippen LogP contribution in [0.5, 0.6) is 0 Å². The molecular formula is C24H18F3N3O. The number of carbonyl (C=O) groups excluding carboxylic acids is 1. The second kappa shape index (κ2) is 8.18. The molecule has 0 spiro atoms. The first-order chi connectivity index (χ1) is 14.8. The van der Waals surface area contributed by atoms with Crippen molar-refractivity contribution in [2.45, 2.75) is 19.6 Å². The zero-order chi connectivity index (χ0) is 22.0. The van der Waals surface area contributed by atoms with Gasteiger partial charge in [0.1, 0.15) is 0 Å². The van der Waals surface area contributed by atoms with Gasteiger partial charge in [-0.05, 0) is 53.9 Å². The van der Waals surface area contributed by atoms with Crippen LogP contribution < -0.4 is 5.32 Å². The predicted octanol–water partition coefficient (Wildman–Crippen LogP) is 5.55. The second-order valence-corrected chi connectivity index (χ2v) is 7.10. The van der Waals surface area contributed by atoms with Gasteiger partial charge in [0, 0.05) is 18.1 Å². The number of fused-ring (bicyclic) bond motifs is 1. The van der Waals surface area contributed by atoms with E-state index >= 15 is 0 Å². The minimum Gasteiger partial charge on any atom is -0.348 e. The van der Waals surface area contributed by atoms with Crippen molar-refractivity contribution in [2.75, 3.05) is 0 Å². The lowest BCUT2D eigenvalue weighted by Crippen LogP contribution is -2.24. The Balaban J connectivity index is 1.56. The summed E-state index contributed by atoms with van der Waals surface area (Å²) < 4.78 is 40.1. The van der Waals surface area contributed by atoms with Crippen LogP contribution in [0.2, 0.25) is 0 Å². The summed E-state index contributed by atoms with van der Waals surface area (Å²) in [6.45, 7) is 1.91. The third kappa shape index (κ3) is 4.40. The summed E-state index contributed by atoms with van der Waals surface area (Å²) in [7, 11) is 0. The fraction of sp³-hybridized carbons (Fsp3) is 0.125. The maximum atomic E-state index is 13.4. The van der Waals surface area contributed by atoms with Crippen LogP contribution >= 0.6 is 0 Å². The SMILES string of the molecule is Cc1nc2ncccc2cc1C(=O)NCc1cccc(-c2ccccc2C(F)(F)F)c1. The molecule has 4 aromatic rings. The van der Waals surface area contributed by atoms with Crippen molar-refractivity contribution in [1.82, 2.24) is 15.3 Å². The summed E-state index contributed by atoms with van der Waals surface area (Å²) in [5.74, 6) is -0.308. The Kier molecular flexibility index (Phi) is 5.42. The molecule has 7 heteroatoms. The van der Waals surface area contributed by atoms with E-state index in [2.05, 4.69) is 15.3 Å². The van der Waals surface area contributed by atoms with E-state index < -0.39 is 11.7 Å². The zero-order valence-corrected chi connectivity index (χ0v) is 16.6. The van der Waals surface area contributed by atoms with E-state index in [1.165, 1.54) is 12.1 Å². The van der Waals surface area contributed by atoms with Crippen molar-refractivity contribution in [3.63, 3.8) is 0 Å². The van der Waals surface area contributed by atoms with Crippen LogP contribution in [-0.2, 0) is 12.7 Å². The number of nitrogens with zero attached hydrogens (tertiary/aromatic N) is 2. The van der Waals surface area contributed by atoms with Crippen LogP contribution in [0.15, 0.2) is 72.9 Å². The third-order valence-corrected chi connectivity index (χ3v) is 4.95. The third-order valence-electron chi connectivity index (χ3n) is 4.95. The Morgan fingerprint density at radius 2 is 1.81 bits per heavy atom. The van der Waals surface area contributed by atoms with E-state index in [1.54, 1.807) is 55.6 Å². The topological polar surface area (TPSA) is 54.9 Å². The van der Waals surface area contributed by atoms with Crippen LogP contribution in [0.4, 0.5) is 13.2 Å². The number of hydrogen-bond acceptors (Lipinski definition) is 3. The maximum absolute atomic E-state index is 13.4. The molecule has 4 rings (SSSR count). The molecule has 2 aromatic heterocycles. The smallest absolute Gasteiger partial charge is 0.348 e. The molecule has 0 saturated carbocycles. The van der Waals surface area contributed by atoms with Crippen molar-refractivity contribution in [1.29, 1.82) is 0 Å². The Morgan fingerprint density at radius 3 is 2.61 bits per heavy atom. The molecule has 0 bridgehead atoms. The molecule has 2 heterocycles. The number of nitrogens with one attached hydrogen (secondary N) is 1.